The van der Waals surface area contributed by atoms with Crippen LogP contribution < -0.4 is 10.6 Å². The summed E-state index contributed by atoms with van der Waals surface area (Å²) in [6.07, 6.45) is 2.63. The Balaban J connectivity index is 2.46. The summed E-state index contributed by atoms with van der Waals surface area (Å²) in [5.41, 5.74) is -0.453. The van der Waals surface area contributed by atoms with Gasteiger partial charge < -0.3 is 15.5 Å². The van der Waals surface area contributed by atoms with Gasteiger partial charge in [0.05, 0.1) is 12.1 Å². The minimum Gasteiger partial charge on any atom is -0.345 e. The van der Waals surface area contributed by atoms with Crippen LogP contribution in [0, 0.1) is 0 Å². The van der Waals surface area contributed by atoms with Gasteiger partial charge in [-0.1, -0.05) is 6.92 Å². The summed E-state index contributed by atoms with van der Waals surface area (Å²) in [6.45, 7) is 5.53. The highest BCUT2D eigenvalue weighted by Crippen LogP contribution is 2.22. The Kier molecular flexibility index (Phi) is 4.93. The van der Waals surface area contributed by atoms with Gasteiger partial charge in [0.25, 0.3) is 0 Å². The van der Waals surface area contributed by atoms with E-state index in [4.69, 9.17) is 0 Å². The lowest BCUT2D eigenvalue weighted by atomic mass is 9.93. The molecule has 0 aromatic carbocycles. The van der Waals surface area contributed by atoms with Crippen molar-refractivity contribution in [2.45, 2.75) is 38.6 Å². The average molecular weight is 241 g/mol. The van der Waals surface area contributed by atoms with Crippen molar-refractivity contribution in [2.24, 2.45) is 0 Å². The van der Waals surface area contributed by atoms with Gasteiger partial charge in [-0.2, -0.15) is 0 Å². The lowest BCUT2D eigenvalue weighted by molar-refractivity contribution is -0.133. The van der Waals surface area contributed by atoms with Crippen molar-refractivity contribution in [1.29, 1.82) is 0 Å². The van der Waals surface area contributed by atoms with Crippen LogP contribution in [0.4, 0.5) is 0 Å². The Morgan fingerprint density at radius 1 is 1.41 bits per heavy atom. The summed E-state index contributed by atoms with van der Waals surface area (Å²) in [4.78, 5) is 25.2. The molecule has 5 heteroatoms. The third-order valence-corrected chi connectivity index (χ3v) is 3.58. The second-order valence-corrected chi connectivity index (χ2v) is 4.56. The van der Waals surface area contributed by atoms with Crippen LogP contribution in [0.2, 0.25) is 0 Å². The van der Waals surface area contributed by atoms with Crippen LogP contribution in [0.3, 0.4) is 0 Å². The molecule has 1 aliphatic heterocycles. The molecule has 17 heavy (non-hydrogen) atoms. The van der Waals surface area contributed by atoms with Crippen molar-refractivity contribution < 1.29 is 9.59 Å². The first-order valence-corrected chi connectivity index (χ1v) is 6.33. The molecule has 98 valence electrons. The molecule has 1 saturated heterocycles. The molecule has 0 spiro atoms. The van der Waals surface area contributed by atoms with Crippen molar-refractivity contribution in [3.63, 3.8) is 0 Å². The summed E-state index contributed by atoms with van der Waals surface area (Å²) >= 11 is 0. The van der Waals surface area contributed by atoms with Crippen molar-refractivity contribution in [2.75, 3.05) is 26.7 Å². The number of nitrogens with one attached hydrogen (secondary N) is 2. The number of hydrogen-bond donors (Lipinski definition) is 2. The SMILES string of the molecule is CCN(C)C(=O)CNC(=O)C1(CC)CCCN1. The second-order valence-electron chi connectivity index (χ2n) is 4.56. The number of likely N-dealkylation sites (N-methyl/N-ethyl adjacent to an activating group) is 1. The fraction of sp³-hybridized carbons (Fsp3) is 0.833. The standard InChI is InChI=1S/C12H23N3O2/c1-4-12(7-6-8-14-12)11(17)13-9-10(16)15(3)5-2/h14H,4-9H2,1-3H3,(H,13,17). The monoisotopic (exact) mass is 241 g/mol. The Bertz CT molecular complexity index is 285. The highest BCUT2D eigenvalue weighted by Gasteiger charge is 2.38. The Labute approximate surface area is 103 Å². The summed E-state index contributed by atoms with van der Waals surface area (Å²) in [5.74, 6) is -0.0968. The molecule has 1 atom stereocenters. The second kappa shape index (κ2) is 6.00. The minimum absolute atomic E-state index is 0.0460. The maximum Gasteiger partial charge on any atom is 0.241 e. The lowest BCUT2D eigenvalue weighted by Crippen LogP contribution is -2.54. The molecule has 0 aromatic rings. The van der Waals surface area contributed by atoms with Crippen LogP contribution in [-0.4, -0.2) is 48.9 Å². The van der Waals surface area contributed by atoms with E-state index in [1.54, 1.807) is 11.9 Å². The minimum atomic E-state index is -0.453. The van der Waals surface area contributed by atoms with Crippen molar-refractivity contribution in [3.05, 3.63) is 0 Å². The molecule has 0 radical (unpaired) electrons. The van der Waals surface area contributed by atoms with Crippen LogP contribution in [0.5, 0.6) is 0 Å². The first-order valence-electron chi connectivity index (χ1n) is 6.33. The molecule has 1 heterocycles. The number of amides is 2. The number of carbonyl (C=O) groups is 2. The Hall–Kier alpha value is -1.10. The van der Waals surface area contributed by atoms with E-state index in [-0.39, 0.29) is 18.4 Å². The first kappa shape index (κ1) is 14.0. The quantitative estimate of drug-likeness (QED) is 0.718. The summed E-state index contributed by atoms with van der Waals surface area (Å²) in [5, 5.41) is 5.99. The normalized spacial score (nSPS) is 23.5. The van der Waals surface area contributed by atoms with Crippen LogP contribution in [-0.2, 0) is 9.59 Å². The first-order chi connectivity index (χ1) is 8.05. The molecular weight excluding hydrogens is 218 g/mol. The third-order valence-electron chi connectivity index (χ3n) is 3.58. The van der Waals surface area contributed by atoms with Gasteiger partial charge in [0.15, 0.2) is 0 Å². The number of nitrogens with zero attached hydrogens (tertiary/aromatic N) is 1. The molecule has 1 fully saturated rings. The van der Waals surface area contributed by atoms with E-state index in [9.17, 15) is 9.59 Å². The molecule has 1 rings (SSSR count). The molecule has 0 aliphatic carbocycles. The molecule has 2 N–H and O–H groups in total. The van der Waals surface area contributed by atoms with Gasteiger partial charge in [-0.15, -0.1) is 0 Å². The van der Waals surface area contributed by atoms with Gasteiger partial charge in [0.1, 0.15) is 0 Å². The van der Waals surface area contributed by atoms with Crippen LogP contribution in [0.1, 0.15) is 33.1 Å². The molecule has 0 bridgehead atoms. The van der Waals surface area contributed by atoms with Crippen molar-refractivity contribution >= 4 is 11.8 Å². The lowest BCUT2D eigenvalue weighted by Gasteiger charge is -2.27. The summed E-state index contributed by atoms with van der Waals surface area (Å²) < 4.78 is 0. The van der Waals surface area contributed by atoms with E-state index in [0.717, 1.165) is 25.8 Å². The predicted molar refractivity (Wildman–Crippen MR) is 66.6 cm³/mol. The van der Waals surface area contributed by atoms with Gasteiger partial charge in [-0.05, 0) is 32.7 Å². The van der Waals surface area contributed by atoms with E-state index in [1.807, 2.05) is 13.8 Å². The van der Waals surface area contributed by atoms with Gasteiger partial charge >= 0.3 is 0 Å². The number of hydrogen-bond acceptors (Lipinski definition) is 3. The number of rotatable bonds is 5. The highest BCUT2D eigenvalue weighted by molar-refractivity contribution is 5.90. The molecule has 5 nitrogen and oxygen atoms in total. The van der Waals surface area contributed by atoms with E-state index < -0.39 is 5.54 Å². The third kappa shape index (κ3) is 3.19. The zero-order valence-electron chi connectivity index (χ0n) is 11.0. The molecule has 0 aromatic heterocycles. The highest BCUT2D eigenvalue weighted by atomic mass is 16.2. The zero-order chi connectivity index (χ0) is 12.9. The topological polar surface area (TPSA) is 61.4 Å². The van der Waals surface area contributed by atoms with E-state index in [2.05, 4.69) is 10.6 Å². The molecular formula is C12H23N3O2. The predicted octanol–water partition coefficient (Wildman–Crippen LogP) is 0.113. The zero-order valence-corrected chi connectivity index (χ0v) is 11.0. The van der Waals surface area contributed by atoms with E-state index in [0.29, 0.717) is 6.54 Å². The smallest absolute Gasteiger partial charge is 0.241 e. The maximum atomic E-state index is 12.1. The summed E-state index contributed by atoms with van der Waals surface area (Å²) in [7, 11) is 1.73. The van der Waals surface area contributed by atoms with E-state index in [1.165, 1.54) is 0 Å². The molecule has 1 aliphatic rings. The van der Waals surface area contributed by atoms with Crippen LogP contribution in [0.25, 0.3) is 0 Å². The van der Waals surface area contributed by atoms with Crippen molar-refractivity contribution in [3.8, 4) is 0 Å². The van der Waals surface area contributed by atoms with Gasteiger partial charge in [-0.25, -0.2) is 0 Å². The number of carbonyl (C=O) groups excluding carboxylic acids is 2. The van der Waals surface area contributed by atoms with Crippen LogP contribution in [0.15, 0.2) is 0 Å². The average Bonchev–Trinajstić information content (AvgIpc) is 2.84. The van der Waals surface area contributed by atoms with Gasteiger partial charge in [-0.3, -0.25) is 9.59 Å². The Morgan fingerprint density at radius 2 is 2.12 bits per heavy atom. The van der Waals surface area contributed by atoms with Gasteiger partial charge in [0.2, 0.25) is 11.8 Å². The molecule has 0 saturated carbocycles. The fourth-order valence-electron chi connectivity index (χ4n) is 2.10. The fourth-order valence-corrected chi connectivity index (χ4v) is 2.10. The van der Waals surface area contributed by atoms with Gasteiger partial charge in [0, 0.05) is 13.6 Å². The van der Waals surface area contributed by atoms with E-state index >= 15 is 0 Å². The summed E-state index contributed by atoms with van der Waals surface area (Å²) in [6, 6.07) is 0. The molecule has 2 amide bonds. The van der Waals surface area contributed by atoms with Crippen LogP contribution >= 0.6 is 0 Å². The Morgan fingerprint density at radius 3 is 2.59 bits per heavy atom. The van der Waals surface area contributed by atoms with Crippen molar-refractivity contribution in [1.82, 2.24) is 15.5 Å². The largest absolute Gasteiger partial charge is 0.345 e. The molecule has 1 unspecified atom stereocenters. The maximum absolute atomic E-state index is 12.1.